The van der Waals surface area contributed by atoms with Gasteiger partial charge in [-0.1, -0.05) is 0 Å². The molecule has 4 rings (SSSR count). The number of amides is 2. The van der Waals surface area contributed by atoms with E-state index in [-0.39, 0.29) is 0 Å². The van der Waals surface area contributed by atoms with Crippen LogP contribution in [0.25, 0.3) is 0 Å². The van der Waals surface area contributed by atoms with E-state index in [1.165, 1.54) is 25.7 Å². The second-order valence-corrected chi connectivity index (χ2v) is 14.8. The van der Waals surface area contributed by atoms with Crippen LogP contribution in [0.15, 0.2) is 0 Å². The van der Waals surface area contributed by atoms with Gasteiger partial charge in [-0.25, -0.2) is 19.2 Å². The number of ether oxygens (including phenoxy) is 2. The molecule has 2 saturated heterocycles. The number of carbonyl (C=O) groups excluding carboxylic acids is 4. The second-order valence-electron chi connectivity index (χ2n) is 14.8. The average molecular weight is 623 g/mol. The molecule has 12 nitrogen and oxygen atoms in total. The molecule has 0 radical (unpaired) electrons. The molecule has 2 aliphatic heterocycles. The molecule has 0 spiro atoms. The van der Waals surface area contributed by atoms with Gasteiger partial charge < -0.3 is 28.9 Å². The molecular weight excluding hydrogens is 568 g/mol. The number of rotatable bonds is 4. The Morgan fingerprint density at radius 1 is 0.523 bits per heavy atom. The van der Waals surface area contributed by atoms with Crippen LogP contribution in [0.5, 0.6) is 0 Å². The zero-order chi connectivity index (χ0) is 32.1. The van der Waals surface area contributed by atoms with Crippen molar-refractivity contribution in [3.63, 3.8) is 0 Å². The van der Waals surface area contributed by atoms with Gasteiger partial charge in [0.2, 0.25) is 0 Å². The van der Waals surface area contributed by atoms with Crippen LogP contribution < -0.4 is 0 Å². The summed E-state index contributed by atoms with van der Waals surface area (Å²) in [5, 5.41) is 1.79. The smallest absolute Gasteiger partial charge is 0.442 e. The maximum absolute atomic E-state index is 13.2. The van der Waals surface area contributed by atoms with Crippen LogP contribution in [-0.2, 0) is 28.7 Å². The molecule has 250 valence electrons. The first-order chi connectivity index (χ1) is 20.7. The van der Waals surface area contributed by atoms with Crippen molar-refractivity contribution in [1.82, 2.24) is 19.9 Å². The molecule has 4 fully saturated rings. The lowest BCUT2D eigenvalue weighted by atomic mass is 9.90. The van der Waals surface area contributed by atoms with Crippen LogP contribution in [-0.4, -0.2) is 106 Å². The predicted molar refractivity (Wildman–Crippen MR) is 162 cm³/mol. The SMILES string of the molecule is CC(C)(C)OC(=O)N(OC(=O)C(=O)ON(C(=O)OC(C)(C)C)C1CCC(N2CCCC2)CC1)C1CCC(N2CCCC2)CC1. The van der Waals surface area contributed by atoms with Crippen molar-refractivity contribution in [2.45, 2.75) is 154 Å². The summed E-state index contributed by atoms with van der Waals surface area (Å²) >= 11 is 0. The Morgan fingerprint density at radius 2 is 0.818 bits per heavy atom. The van der Waals surface area contributed by atoms with Crippen molar-refractivity contribution in [3.8, 4) is 0 Å². The first kappa shape index (κ1) is 34.3. The number of hydrogen-bond acceptors (Lipinski definition) is 10. The van der Waals surface area contributed by atoms with E-state index in [0.717, 1.165) is 62.0 Å². The van der Waals surface area contributed by atoms with Gasteiger partial charge in [0, 0.05) is 12.1 Å². The number of hydrogen-bond donors (Lipinski definition) is 0. The van der Waals surface area contributed by atoms with Crippen LogP contribution in [0.3, 0.4) is 0 Å². The molecule has 4 aliphatic rings. The molecule has 0 aromatic heterocycles. The van der Waals surface area contributed by atoms with Crippen LogP contribution in [0.2, 0.25) is 0 Å². The summed E-state index contributed by atoms with van der Waals surface area (Å²) in [5.74, 6) is -2.78. The van der Waals surface area contributed by atoms with Gasteiger partial charge in [-0.15, -0.1) is 10.1 Å². The lowest BCUT2D eigenvalue weighted by Gasteiger charge is -2.39. The zero-order valence-electron chi connectivity index (χ0n) is 27.7. The summed E-state index contributed by atoms with van der Waals surface area (Å²) in [4.78, 5) is 68.5. The van der Waals surface area contributed by atoms with Crippen molar-refractivity contribution in [3.05, 3.63) is 0 Å². The van der Waals surface area contributed by atoms with Gasteiger partial charge in [0.05, 0.1) is 12.1 Å². The minimum absolute atomic E-state index is 0.429. The molecule has 0 unspecified atom stereocenters. The van der Waals surface area contributed by atoms with Gasteiger partial charge in [0.15, 0.2) is 0 Å². The molecule has 2 aliphatic carbocycles. The molecule has 0 aromatic carbocycles. The van der Waals surface area contributed by atoms with E-state index in [1.54, 1.807) is 41.5 Å². The van der Waals surface area contributed by atoms with E-state index >= 15 is 0 Å². The molecule has 0 atom stereocenters. The van der Waals surface area contributed by atoms with E-state index in [4.69, 9.17) is 19.1 Å². The highest BCUT2D eigenvalue weighted by molar-refractivity contribution is 6.29. The molecule has 0 aromatic rings. The third kappa shape index (κ3) is 9.70. The van der Waals surface area contributed by atoms with E-state index in [9.17, 15) is 19.2 Å². The Morgan fingerprint density at radius 3 is 1.09 bits per heavy atom. The van der Waals surface area contributed by atoms with Crippen LogP contribution >= 0.6 is 0 Å². The van der Waals surface area contributed by atoms with E-state index in [1.807, 2.05) is 0 Å². The Hall–Kier alpha value is -2.60. The lowest BCUT2D eigenvalue weighted by molar-refractivity contribution is -0.222. The fraction of sp³-hybridized carbons (Fsp3) is 0.875. The van der Waals surface area contributed by atoms with Crippen molar-refractivity contribution in [2.75, 3.05) is 26.2 Å². The predicted octanol–water partition coefficient (Wildman–Crippen LogP) is 5.19. The van der Waals surface area contributed by atoms with Gasteiger partial charge in [0.1, 0.15) is 11.2 Å². The largest absolute Gasteiger partial charge is 0.444 e. The summed E-state index contributed by atoms with van der Waals surface area (Å²) in [5.41, 5.74) is -1.67. The molecular formula is C32H54N4O8. The highest BCUT2D eigenvalue weighted by Gasteiger charge is 2.41. The Bertz CT molecular complexity index is 917. The first-order valence-corrected chi connectivity index (χ1v) is 16.7. The molecule has 12 heteroatoms. The lowest BCUT2D eigenvalue weighted by Crippen LogP contribution is -2.51. The van der Waals surface area contributed by atoms with Gasteiger partial charge in [-0.2, -0.15) is 0 Å². The quantitative estimate of drug-likeness (QED) is 0.306. The van der Waals surface area contributed by atoms with Crippen molar-refractivity contribution in [1.29, 1.82) is 0 Å². The molecule has 0 N–H and O–H groups in total. The summed E-state index contributed by atoms with van der Waals surface area (Å²) in [6.45, 7) is 14.7. The maximum Gasteiger partial charge on any atom is 0.444 e. The number of hydroxylamine groups is 4. The van der Waals surface area contributed by atoms with Gasteiger partial charge in [-0.05, 0) is 145 Å². The molecule has 2 saturated carbocycles. The third-order valence-corrected chi connectivity index (χ3v) is 8.99. The number of likely N-dealkylation sites (tertiary alicyclic amines) is 2. The average Bonchev–Trinajstić information content (AvgIpc) is 3.68. The number of nitrogens with zero attached hydrogens (tertiary/aromatic N) is 4. The molecule has 2 heterocycles. The third-order valence-electron chi connectivity index (χ3n) is 8.99. The first-order valence-electron chi connectivity index (χ1n) is 16.7. The van der Waals surface area contributed by atoms with Gasteiger partial charge in [-0.3, -0.25) is 0 Å². The van der Waals surface area contributed by atoms with E-state index in [2.05, 4.69) is 9.80 Å². The molecule has 2 amide bonds. The summed E-state index contributed by atoms with van der Waals surface area (Å²) < 4.78 is 11.1. The highest BCUT2D eigenvalue weighted by atomic mass is 16.8. The van der Waals surface area contributed by atoms with E-state index < -0.39 is 47.4 Å². The Labute approximate surface area is 262 Å². The minimum Gasteiger partial charge on any atom is -0.442 e. The highest BCUT2D eigenvalue weighted by Crippen LogP contribution is 2.32. The van der Waals surface area contributed by atoms with Crippen molar-refractivity contribution < 1.29 is 38.3 Å². The standard InChI is InChI=1S/C32H54N4O8/c1-31(2,3)41-29(39)35(25-15-11-23(12-16-25)33-19-7-8-20-33)43-27(37)28(38)44-36(30(40)42-32(4,5)6)26-17-13-24(14-18-26)34-21-9-10-22-34/h23-26H,7-22H2,1-6H3. The Balaban J connectivity index is 1.41. The van der Waals surface area contributed by atoms with Gasteiger partial charge in [0.25, 0.3) is 0 Å². The molecule has 0 bridgehead atoms. The summed E-state index contributed by atoms with van der Waals surface area (Å²) in [7, 11) is 0. The monoisotopic (exact) mass is 622 g/mol. The summed E-state index contributed by atoms with van der Waals surface area (Å²) in [6, 6.07) is -0.0257. The topological polar surface area (TPSA) is 118 Å². The fourth-order valence-corrected chi connectivity index (χ4v) is 6.92. The van der Waals surface area contributed by atoms with Crippen LogP contribution in [0, 0.1) is 0 Å². The fourth-order valence-electron chi connectivity index (χ4n) is 6.92. The van der Waals surface area contributed by atoms with Crippen LogP contribution in [0.1, 0.15) is 119 Å². The van der Waals surface area contributed by atoms with E-state index in [0.29, 0.717) is 37.8 Å². The van der Waals surface area contributed by atoms with Crippen molar-refractivity contribution in [2.24, 2.45) is 0 Å². The zero-order valence-corrected chi connectivity index (χ0v) is 27.7. The van der Waals surface area contributed by atoms with Crippen molar-refractivity contribution >= 4 is 24.1 Å². The van der Waals surface area contributed by atoms with Crippen LogP contribution in [0.4, 0.5) is 9.59 Å². The number of carbonyl (C=O) groups is 4. The molecule has 44 heavy (non-hydrogen) atoms. The summed E-state index contributed by atoms with van der Waals surface area (Å²) in [6.07, 6.45) is 8.91. The van der Waals surface area contributed by atoms with Gasteiger partial charge >= 0.3 is 24.1 Å². The minimum atomic E-state index is -1.39. The maximum atomic E-state index is 13.2. The Kier molecular flexibility index (Phi) is 11.4. The second kappa shape index (κ2) is 14.7. The normalized spacial score (nSPS) is 27.0.